The number of carbonyl (C=O) groups is 2. The SMILES string of the molecule is O=C(Nc1ccc(N2CCN(C(=O)OC3CCCC3)CC2)nc1)c1oc(N2CCCC2)nc1C(F)(F)F. The number of anilines is 3. The molecule has 0 bridgehead atoms. The lowest BCUT2D eigenvalue weighted by Gasteiger charge is -2.35. The Morgan fingerprint density at radius 1 is 0.973 bits per heavy atom. The zero-order chi connectivity index (χ0) is 26.0. The van der Waals surface area contributed by atoms with Crippen LogP contribution in [0.3, 0.4) is 0 Å². The predicted octanol–water partition coefficient (Wildman–Crippen LogP) is 4.14. The summed E-state index contributed by atoms with van der Waals surface area (Å²) in [5.74, 6) is -1.29. The smallest absolute Gasteiger partial charge is 0.437 e. The van der Waals surface area contributed by atoms with Gasteiger partial charge in [-0.15, -0.1) is 0 Å². The van der Waals surface area contributed by atoms with Crippen LogP contribution >= 0.6 is 0 Å². The van der Waals surface area contributed by atoms with Gasteiger partial charge in [0.1, 0.15) is 11.9 Å². The van der Waals surface area contributed by atoms with Gasteiger partial charge in [0.05, 0.1) is 11.9 Å². The fourth-order valence-electron chi connectivity index (χ4n) is 4.87. The molecule has 0 aromatic carbocycles. The average Bonchev–Trinajstić information content (AvgIpc) is 3.66. The number of amides is 2. The Morgan fingerprint density at radius 3 is 2.30 bits per heavy atom. The highest BCUT2D eigenvalue weighted by molar-refractivity contribution is 6.03. The first-order chi connectivity index (χ1) is 17.8. The number of rotatable bonds is 5. The zero-order valence-electron chi connectivity index (χ0n) is 20.3. The van der Waals surface area contributed by atoms with Crippen LogP contribution in [0, 0.1) is 0 Å². The Hall–Kier alpha value is -3.51. The molecule has 2 aromatic heterocycles. The molecule has 2 amide bonds. The molecule has 37 heavy (non-hydrogen) atoms. The van der Waals surface area contributed by atoms with Gasteiger partial charge in [-0.2, -0.15) is 18.2 Å². The van der Waals surface area contributed by atoms with Crippen molar-refractivity contribution in [2.24, 2.45) is 0 Å². The summed E-state index contributed by atoms with van der Waals surface area (Å²) in [4.78, 5) is 38.2. The van der Waals surface area contributed by atoms with Crippen molar-refractivity contribution in [2.75, 3.05) is 54.4 Å². The molecule has 13 heteroatoms. The maximum atomic E-state index is 13.5. The van der Waals surface area contributed by atoms with Gasteiger partial charge in [0, 0.05) is 39.3 Å². The Balaban J connectivity index is 1.18. The van der Waals surface area contributed by atoms with Gasteiger partial charge in [-0.05, 0) is 50.7 Å². The minimum Gasteiger partial charge on any atom is -0.446 e. The molecule has 0 spiro atoms. The fourth-order valence-corrected chi connectivity index (χ4v) is 4.87. The number of oxazole rings is 1. The van der Waals surface area contributed by atoms with Crippen LogP contribution in [0.2, 0.25) is 0 Å². The van der Waals surface area contributed by atoms with Crippen molar-refractivity contribution < 1.29 is 31.9 Å². The lowest BCUT2D eigenvalue weighted by Crippen LogP contribution is -2.49. The van der Waals surface area contributed by atoms with Crippen molar-refractivity contribution in [2.45, 2.75) is 50.8 Å². The molecule has 4 heterocycles. The quantitative estimate of drug-likeness (QED) is 0.625. The number of hydrogen-bond acceptors (Lipinski definition) is 8. The summed E-state index contributed by atoms with van der Waals surface area (Å²) in [6.07, 6.45) is 1.96. The van der Waals surface area contributed by atoms with Crippen LogP contribution in [0.1, 0.15) is 54.8 Å². The van der Waals surface area contributed by atoms with E-state index in [0.29, 0.717) is 45.1 Å². The van der Waals surface area contributed by atoms with Crippen molar-refractivity contribution >= 4 is 29.5 Å². The first-order valence-electron chi connectivity index (χ1n) is 12.6. The number of halogens is 3. The molecule has 2 aromatic rings. The second-order valence-electron chi connectivity index (χ2n) is 9.49. The maximum Gasteiger partial charge on any atom is 0.437 e. The number of ether oxygens (including phenoxy) is 1. The minimum absolute atomic E-state index is 0.0194. The summed E-state index contributed by atoms with van der Waals surface area (Å²) >= 11 is 0. The number of aromatic nitrogens is 2. The largest absolute Gasteiger partial charge is 0.446 e. The molecule has 0 unspecified atom stereocenters. The summed E-state index contributed by atoms with van der Waals surface area (Å²) < 4.78 is 51.4. The highest BCUT2D eigenvalue weighted by Crippen LogP contribution is 2.35. The van der Waals surface area contributed by atoms with Crippen LogP contribution in [0.5, 0.6) is 0 Å². The Bertz CT molecular complexity index is 1100. The molecule has 3 aliphatic rings. The van der Waals surface area contributed by atoms with Crippen LogP contribution in [0.15, 0.2) is 22.7 Å². The first kappa shape index (κ1) is 25.2. The Labute approximate surface area is 211 Å². The Morgan fingerprint density at radius 2 is 1.68 bits per heavy atom. The van der Waals surface area contributed by atoms with Crippen molar-refractivity contribution in [1.29, 1.82) is 0 Å². The van der Waals surface area contributed by atoms with Crippen LogP contribution in [-0.2, 0) is 10.9 Å². The summed E-state index contributed by atoms with van der Waals surface area (Å²) in [6, 6.07) is 3.03. The number of pyridine rings is 1. The van der Waals surface area contributed by atoms with Crippen LogP contribution in [0.25, 0.3) is 0 Å². The molecule has 1 N–H and O–H groups in total. The van der Waals surface area contributed by atoms with E-state index in [2.05, 4.69) is 15.3 Å². The van der Waals surface area contributed by atoms with Crippen molar-refractivity contribution in [3.63, 3.8) is 0 Å². The van der Waals surface area contributed by atoms with E-state index in [9.17, 15) is 22.8 Å². The number of nitrogens with one attached hydrogen (secondary N) is 1. The zero-order valence-corrected chi connectivity index (χ0v) is 20.3. The number of hydrogen-bond donors (Lipinski definition) is 1. The first-order valence-corrected chi connectivity index (χ1v) is 12.6. The number of carbonyl (C=O) groups excluding carboxylic acids is 2. The highest BCUT2D eigenvalue weighted by atomic mass is 19.4. The van der Waals surface area contributed by atoms with E-state index in [-0.39, 0.29) is 23.9 Å². The molecule has 1 saturated carbocycles. The number of nitrogens with zero attached hydrogens (tertiary/aromatic N) is 5. The molecular weight excluding hydrogens is 493 g/mol. The monoisotopic (exact) mass is 522 g/mol. The number of piperazine rings is 1. The topological polar surface area (TPSA) is 104 Å². The summed E-state index contributed by atoms with van der Waals surface area (Å²) in [7, 11) is 0. The third-order valence-electron chi connectivity index (χ3n) is 6.90. The fraction of sp³-hybridized carbons (Fsp3) is 0.583. The molecule has 2 aliphatic heterocycles. The van der Waals surface area contributed by atoms with Gasteiger partial charge >= 0.3 is 12.3 Å². The van der Waals surface area contributed by atoms with Crippen LogP contribution in [0.4, 0.5) is 35.5 Å². The van der Waals surface area contributed by atoms with E-state index in [1.807, 2.05) is 4.90 Å². The van der Waals surface area contributed by atoms with Gasteiger partial charge in [-0.25, -0.2) is 9.78 Å². The lowest BCUT2D eigenvalue weighted by atomic mass is 10.3. The minimum atomic E-state index is -4.83. The second kappa shape index (κ2) is 10.5. The molecule has 5 rings (SSSR count). The molecule has 1 aliphatic carbocycles. The molecular formula is C24H29F3N6O4. The van der Waals surface area contributed by atoms with E-state index in [1.165, 1.54) is 6.20 Å². The van der Waals surface area contributed by atoms with Crippen molar-refractivity contribution in [3.05, 3.63) is 29.8 Å². The summed E-state index contributed by atoms with van der Waals surface area (Å²) in [6.45, 7) is 3.17. The maximum absolute atomic E-state index is 13.5. The van der Waals surface area contributed by atoms with E-state index in [1.54, 1.807) is 21.9 Å². The summed E-state index contributed by atoms with van der Waals surface area (Å²) in [5.41, 5.74) is -1.12. The number of alkyl halides is 3. The van der Waals surface area contributed by atoms with Crippen molar-refractivity contribution in [3.8, 4) is 0 Å². The molecule has 200 valence electrons. The van der Waals surface area contributed by atoms with Gasteiger partial charge in [-0.1, -0.05) is 0 Å². The van der Waals surface area contributed by atoms with Crippen LogP contribution < -0.4 is 15.1 Å². The third-order valence-corrected chi connectivity index (χ3v) is 6.90. The van der Waals surface area contributed by atoms with Gasteiger partial charge in [0.15, 0.2) is 5.69 Å². The van der Waals surface area contributed by atoms with E-state index in [4.69, 9.17) is 9.15 Å². The molecule has 0 radical (unpaired) electrons. The van der Waals surface area contributed by atoms with Crippen molar-refractivity contribution in [1.82, 2.24) is 14.9 Å². The molecule has 0 atom stereocenters. The lowest BCUT2D eigenvalue weighted by molar-refractivity contribution is -0.141. The average molecular weight is 523 g/mol. The molecule has 2 saturated heterocycles. The van der Waals surface area contributed by atoms with E-state index in [0.717, 1.165) is 38.5 Å². The third kappa shape index (κ3) is 5.75. The second-order valence-corrected chi connectivity index (χ2v) is 9.49. The van der Waals surface area contributed by atoms with Gasteiger partial charge in [-0.3, -0.25) is 4.79 Å². The normalized spacial score (nSPS) is 18.9. The van der Waals surface area contributed by atoms with E-state index >= 15 is 0 Å². The standard InChI is InChI=1S/C24H29F3N6O4/c25-24(26,27)20-19(37-22(30-20)32-9-3-4-10-32)21(34)29-16-7-8-18(28-15-16)31-11-13-33(14-12-31)23(35)36-17-5-1-2-6-17/h7-8,15,17H,1-6,9-14H2,(H,29,34). The van der Waals surface area contributed by atoms with Gasteiger partial charge in [0.25, 0.3) is 11.9 Å². The predicted molar refractivity (Wildman–Crippen MR) is 128 cm³/mol. The van der Waals surface area contributed by atoms with Gasteiger partial charge in [0.2, 0.25) is 5.76 Å². The van der Waals surface area contributed by atoms with Crippen LogP contribution in [-0.4, -0.2) is 72.2 Å². The molecule has 10 nitrogen and oxygen atoms in total. The van der Waals surface area contributed by atoms with Gasteiger partial charge < -0.3 is 29.2 Å². The highest BCUT2D eigenvalue weighted by Gasteiger charge is 2.42. The Kier molecular flexibility index (Phi) is 7.11. The van der Waals surface area contributed by atoms with E-state index < -0.39 is 23.5 Å². The summed E-state index contributed by atoms with van der Waals surface area (Å²) in [5, 5.41) is 2.42. The molecule has 3 fully saturated rings.